The van der Waals surface area contributed by atoms with Crippen LogP contribution < -0.4 is 9.80 Å². The van der Waals surface area contributed by atoms with E-state index in [2.05, 4.69) is 138 Å². The topological polar surface area (TPSA) is 71.2 Å². The molecule has 2 aliphatic heterocycles. The van der Waals surface area contributed by atoms with Crippen LogP contribution in [-0.4, -0.2) is 30.8 Å². The summed E-state index contributed by atoms with van der Waals surface area (Å²) in [6.45, 7) is 14.9. The van der Waals surface area contributed by atoms with E-state index < -0.39 is 0 Å². The summed E-state index contributed by atoms with van der Waals surface area (Å²) in [4.78, 5) is 18.9. The minimum Gasteiger partial charge on any atom is -0.364 e. The zero-order valence-electron chi connectivity index (χ0n) is 26.4. The van der Waals surface area contributed by atoms with Crippen molar-refractivity contribution in [3.05, 3.63) is 96.6 Å². The molecular weight excluding hydrogens is 676 g/mol. The molecule has 0 spiro atoms. The Morgan fingerprint density at radius 1 is 0.977 bits per heavy atom. The van der Waals surface area contributed by atoms with E-state index in [9.17, 15) is 10.1 Å². The van der Waals surface area contributed by atoms with Gasteiger partial charge in [0.05, 0.1) is 6.04 Å². The third kappa shape index (κ3) is 5.26. The number of carbonyl (C=O) groups excluding carboxylic acids is 1. The van der Waals surface area contributed by atoms with Gasteiger partial charge in [-0.1, -0.05) is 86.2 Å². The minimum atomic E-state index is -0.356. The van der Waals surface area contributed by atoms with Crippen LogP contribution in [0.5, 0.6) is 0 Å². The monoisotopic (exact) mass is 714 g/mol. The van der Waals surface area contributed by atoms with Crippen molar-refractivity contribution in [3.63, 3.8) is 0 Å². The van der Waals surface area contributed by atoms with Gasteiger partial charge in [-0.25, -0.2) is 0 Å². The first kappa shape index (κ1) is 32.2. The molecule has 2 heterocycles. The van der Waals surface area contributed by atoms with E-state index in [0.29, 0.717) is 16.7 Å². The summed E-state index contributed by atoms with van der Waals surface area (Å²) >= 11 is 7.31. The molecule has 1 unspecified atom stereocenters. The molecule has 1 atom stereocenters. The van der Waals surface area contributed by atoms with E-state index in [1.165, 1.54) is 16.8 Å². The lowest BCUT2D eigenvalue weighted by molar-refractivity contribution is -0.112. The lowest BCUT2D eigenvalue weighted by Gasteiger charge is -2.35. The maximum absolute atomic E-state index is 14.2. The number of unbranched alkanes of at least 4 members (excludes halogenated alkanes) is 2. The van der Waals surface area contributed by atoms with Crippen molar-refractivity contribution in [1.82, 2.24) is 0 Å². The number of nitriles is 1. The maximum atomic E-state index is 14.2. The van der Waals surface area contributed by atoms with Gasteiger partial charge in [-0.15, -0.1) is 0 Å². The molecular formula is C37H40Br2N4O. The second kappa shape index (κ2) is 12.3. The molecule has 2 aromatic carbocycles. The van der Waals surface area contributed by atoms with Crippen molar-refractivity contribution >= 4 is 54.9 Å². The van der Waals surface area contributed by atoms with Crippen LogP contribution in [0.4, 0.5) is 11.4 Å². The molecule has 7 heteroatoms. The number of hydrogen-bond acceptors (Lipinski definition) is 5. The molecule has 0 bridgehead atoms. The van der Waals surface area contributed by atoms with Crippen molar-refractivity contribution in [3.8, 4) is 6.07 Å². The van der Waals surface area contributed by atoms with Gasteiger partial charge < -0.3 is 9.80 Å². The second-order valence-electron chi connectivity index (χ2n) is 13.0. The summed E-state index contributed by atoms with van der Waals surface area (Å²) in [6.07, 6.45) is 8.19. The largest absolute Gasteiger partial charge is 0.364 e. The molecule has 0 saturated carbocycles. The van der Waals surface area contributed by atoms with Crippen molar-refractivity contribution in [1.29, 1.82) is 10.7 Å². The van der Waals surface area contributed by atoms with E-state index in [0.717, 1.165) is 59.1 Å². The van der Waals surface area contributed by atoms with E-state index in [4.69, 9.17) is 5.41 Å². The number of allylic oxidation sites excluding steroid dienone is 6. The molecule has 3 aliphatic rings. The summed E-state index contributed by atoms with van der Waals surface area (Å²) in [5.74, 6) is 2.27. The summed E-state index contributed by atoms with van der Waals surface area (Å²) in [6, 6.07) is 14.9. The Kier molecular flexibility index (Phi) is 9.02. The van der Waals surface area contributed by atoms with E-state index >= 15 is 0 Å². The molecule has 1 N–H and O–H groups in total. The predicted molar refractivity (Wildman–Crippen MR) is 188 cm³/mol. The van der Waals surface area contributed by atoms with Crippen molar-refractivity contribution in [2.24, 2.45) is 0 Å². The highest BCUT2D eigenvalue weighted by molar-refractivity contribution is 9.10. The number of nitrogens with zero attached hydrogens (tertiary/aromatic N) is 3. The second-order valence-corrected chi connectivity index (χ2v) is 14.8. The van der Waals surface area contributed by atoms with E-state index in [1.54, 1.807) is 0 Å². The molecule has 0 aromatic heterocycles. The van der Waals surface area contributed by atoms with Crippen LogP contribution in [0.1, 0.15) is 78.4 Å². The average Bonchev–Trinajstić information content (AvgIpc) is 3.33. The van der Waals surface area contributed by atoms with Crippen molar-refractivity contribution in [2.45, 2.75) is 84.1 Å². The Labute approximate surface area is 278 Å². The number of anilines is 2. The summed E-state index contributed by atoms with van der Waals surface area (Å²) in [5, 5.41) is 18.1. The zero-order valence-corrected chi connectivity index (χ0v) is 29.6. The summed E-state index contributed by atoms with van der Waals surface area (Å²) in [7, 11) is 0. The number of halogens is 2. The van der Waals surface area contributed by atoms with Crippen LogP contribution in [-0.2, 0) is 15.6 Å². The SMILES string of the molecule is CCCCN1/C(=C/C2=C(C(=C=N)C#N)C(=C/C3N(CCCC)c4ccc(Br)cc4C3(C)C)/C2=O)C(C)(C)c2cc(Br)ccc21. The van der Waals surface area contributed by atoms with Crippen LogP contribution in [0.2, 0.25) is 0 Å². The number of hydrogen-bond donors (Lipinski definition) is 1. The quantitative estimate of drug-likeness (QED) is 0.160. The first-order chi connectivity index (χ1) is 20.9. The Bertz CT molecular complexity index is 1710. The summed E-state index contributed by atoms with van der Waals surface area (Å²) < 4.78 is 2.05. The van der Waals surface area contributed by atoms with E-state index in [-0.39, 0.29) is 28.2 Å². The number of benzene rings is 2. The van der Waals surface area contributed by atoms with Gasteiger partial charge >= 0.3 is 0 Å². The van der Waals surface area contributed by atoms with Crippen LogP contribution >= 0.6 is 31.9 Å². The van der Waals surface area contributed by atoms with Crippen LogP contribution in [0, 0.1) is 16.7 Å². The standard InChI is InChI=1S/C37H40Br2N4O/c1-7-9-15-42-30-13-11-24(38)17-28(30)36(3,4)32(42)19-26-34(23(21-40)22-41)27(35(26)44)20-33-37(5,6)29-18-25(39)12-14-31(29)43(33)16-10-8-2/h11-14,17-20,32,40H,7-10,15-16H2,1-6H3/b26-19-,33-20+. The lowest BCUT2D eigenvalue weighted by Crippen LogP contribution is -2.42. The Hall–Kier alpha value is -3.17. The number of rotatable bonds is 9. The Morgan fingerprint density at radius 3 is 2.20 bits per heavy atom. The van der Waals surface area contributed by atoms with Gasteiger partial charge in [0.15, 0.2) is 5.78 Å². The number of carbonyl (C=O) groups is 1. The first-order valence-electron chi connectivity index (χ1n) is 15.5. The lowest BCUT2D eigenvalue weighted by atomic mass is 9.72. The first-order valence-corrected chi connectivity index (χ1v) is 17.1. The molecule has 44 heavy (non-hydrogen) atoms. The van der Waals surface area contributed by atoms with Gasteiger partial charge in [-0.2, -0.15) is 5.26 Å². The molecule has 2 aromatic rings. The highest BCUT2D eigenvalue weighted by atomic mass is 79.9. The van der Waals surface area contributed by atoms with Gasteiger partial charge in [-0.3, -0.25) is 10.2 Å². The minimum absolute atomic E-state index is 0.0812. The molecule has 0 radical (unpaired) electrons. The van der Waals surface area contributed by atoms with Gasteiger partial charge in [0.25, 0.3) is 0 Å². The van der Waals surface area contributed by atoms with Gasteiger partial charge in [-0.05, 0) is 78.4 Å². The fourth-order valence-electron chi connectivity index (χ4n) is 6.99. The van der Waals surface area contributed by atoms with Crippen molar-refractivity contribution < 1.29 is 4.79 Å². The van der Waals surface area contributed by atoms with Crippen LogP contribution in [0.15, 0.2) is 85.5 Å². The van der Waals surface area contributed by atoms with Gasteiger partial charge in [0, 0.05) is 66.7 Å². The number of ketones is 1. The Morgan fingerprint density at radius 2 is 1.59 bits per heavy atom. The molecule has 5 rings (SSSR count). The molecule has 0 amide bonds. The van der Waals surface area contributed by atoms with Crippen LogP contribution in [0.3, 0.4) is 0 Å². The molecule has 228 valence electrons. The van der Waals surface area contributed by atoms with Crippen molar-refractivity contribution in [2.75, 3.05) is 22.9 Å². The predicted octanol–water partition coefficient (Wildman–Crippen LogP) is 9.46. The summed E-state index contributed by atoms with van der Waals surface area (Å²) in [5.41, 5.74) is 6.78. The highest BCUT2D eigenvalue weighted by Gasteiger charge is 2.47. The fourth-order valence-corrected chi connectivity index (χ4v) is 7.71. The van der Waals surface area contributed by atoms with E-state index in [1.807, 2.05) is 6.08 Å². The fraction of sp³-hybridized carbons (Fsp3) is 0.405. The molecule has 0 fully saturated rings. The number of fused-ring (bicyclic) bond motifs is 2. The smallest absolute Gasteiger partial charge is 0.194 e. The normalized spacial score (nSPS) is 21.3. The maximum Gasteiger partial charge on any atom is 0.194 e. The third-order valence-electron chi connectivity index (χ3n) is 9.50. The average molecular weight is 717 g/mol. The highest BCUT2D eigenvalue weighted by Crippen LogP contribution is 2.52. The molecule has 0 saturated heterocycles. The number of nitrogens with one attached hydrogen (secondary N) is 1. The van der Waals surface area contributed by atoms with Gasteiger partial charge in [0.1, 0.15) is 11.6 Å². The number of Topliss-reactive ketones (excluding diaryl/α,β-unsaturated/α-hetero) is 1. The Balaban J connectivity index is 1.67. The zero-order chi connectivity index (χ0) is 32.0. The molecule has 1 aliphatic carbocycles. The molecule has 5 nitrogen and oxygen atoms in total. The van der Waals surface area contributed by atoms with Gasteiger partial charge in [0.2, 0.25) is 0 Å². The van der Waals surface area contributed by atoms with Crippen LogP contribution in [0.25, 0.3) is 0 Å². The third-order valence-corrected chi connectivity index (χ3v) is 10.5.